The van der Waals surface area contributed by atoms with E-state index >= 15 is 0 Å². The maximum atomic E-state index is 12.8. The van der Waals surface area contributed by atoms with Crippen LogP contribution in [0.25, 0.3) is 28.0 Å². The lowest BCUT2D eigenvalue weighted by molar-refractivity contribution is -0.160. The van der Waals surface area contributed by atoms with Gasteiger partial charge in [-0.3, -0.25) is 4.98 Å². The van der Waals surface area contributed by atoms with Crippen molar-refractivity contribution in [3.8, 4) is 22.4 Å². The van der Waals surface area contributed by atoms with Crippen molar-refractivity contribution in [1.29, 1.82) is 0 Å². The number of allylic oxidation sites excluding steroid dienone is 1. The molecule has 4 aromatic rings. The van der Waals surface area contributed by atoms with E-state index in [1.165, 1.54) is 0 Å². The second-order valence-electron chi connectivity index (χ2n) is 13.1. The monoisotopic (exact) mass is 623 g/mol. The van der Waals surface area contributed by atoms with Gasteiger partial charge in [-0.25, -0.2) is 9.78 Å². The number of hydrogen-bond donors (Lipinski definition) is 1. The Hall–Kier alpha value is -4.34. The van der Waals surface area contributed by atoms with E-state index in [-0.39, 0.29) is 5.60 Å². The van der Waals surface area contributed by atoms with E-state index in [2.05, 4.69) is 48.2 Å². The Labute approximate surface area is 271 Å². The number of carbonyl (C=O) groups is 1. The minimum Gasteiger partial charge on any atom is -0.479 e. The third-order valence-corrected chi connectivity index (χ3v) is 8.38. The van der Waals surface area contributed by atoms with E-state index < -0.39 is 17.7 Å². The van der Waals surface area contributed by atoms with Gasteiger partial charge in [0.2, 0.25) is 0 Å². The molecule has 1 aliphatic rings. The summed E-state index contributed by atoms with van der Waals surface area (Å²) in [4.78, 5) is 24.5. The second-order valence-corrected chi connectivity index (χ2v) is 13.1. The average molecular weight is 624 g/mol. The fraction of sp³-hybridized carbons (Fsp3) is 0.405. The van der Waals surface area contributed by atoms with Crippen molar-refractivity contribution in [3.63, 3.8) is 0 Å². The van der Waals surface area contributed by atoms with Crippen molar-refractivity contribution in [1.82, 2.24) is 19.6 Å². The molecule has 242 valence electrons. The van der Waals surface area contributed by atoms with Crippen LogP contribution in [0.2, 0.25) is 0 Å². The van der Waals surface area contributed by atoms with E-state index in [0.717, 1.165) is 53.8 Å². The highest BCUT2D eigenvalue weighted by Crippen LogP contribution is 2.38. The number of pyridine rings is 1. The molecule has 1 aliphatic heterocycles. The number of benzene rings is 1. The first-order valence-corrected chi connectivity index (χ1v) is 15.9. The Kier molecular flexibility index (Phi) is 9.74. The number of aryl methyl sites for hydroxylation is 2. The number of piperidine rings is 1. The fourth-order valence-corrected chi connectivity index (χ4v) is 6.03. The summed E-state index contributed by atoms with van der Waals surface area (Å²) >= 11 is 0. The summed E-state index contributed by atoms with van der Waals surface area (Å²) < 4.78 is 14.1. The van der Waals surface area contributed by atoms with Crippen LogP contribution < -0.4 is 4.90 Å². The molecular formula is C37H45N5O4. The number of hydrogen-bond acceptors (Lipinski definition) is 7. The van der Waals surface area contributed by atoms with Crippen molar-refractivity contribution in [3.05, 3.63) is 90.9 Å². The zero-order chi connectivity index (χ0) is 33.1. The average Bonchev–Trinajstić information content (AvgIpc) is 3.45. The van der Waals surface area contributed by atoms with Gasteiger partial charge < -0.3 is 19.5 Å². The van der Waals surface area contributed by atoms with Gasteiger partial charge in [0.05, 0.1) is 29.1 Å². The summed E-state index contributed by atoms with van der Waals surface area (Å²) in [5.41, 5.74) is 5.55. The molecule has 1 atom stereocenters. The van der Waals surface area contributed by atoms with E-state index in [9.17, 15) is 9.90 Å². The number of nitrogens with zero attached hydrogens (tertiary/aromatic N) is 5. The van der Waals surface area contributed by atoms with Crippen LogP contribution in [-0.2, 0) is 20.7 Å². The lowest BCUT2D eigenvalue weighted by Crippen LogP contribution is -2.45. The Morgan fingerprint density at radius 3 is 2.52 bits per heavy atom. The molecule has 1 saturated heterocycles. The van der Waals surface area contributed by atoms with Crippen molar-refractivity contribution < 1.29 is 19.4 Å². The Bertz CT molecular complexity index is 1730. The molecule has 9 nitrogen and oxygen atoms in total. The van der Waals surface area contributed by atoms with Crippen molar-refractivity contribution in [2.75, 3.05) is 24.6 Å². The first kappa shape index (κ1) is 33.0. The Balaban J connectivity index is 1.63. The molecule has 0 radical (unpaired) electrons. The van der Waals surface area contributed by atoms with Gasteiger partial charge >= 0.3 is 5.97 Å². The van der Waals surface area contributed by atoms with Gasteiger partial charge in [-0.15, -0.1) is 13.2 Å². The van der Waals surface area contributed by atoms with E-state index in [1.807, 2.05) is 64.2 Å². The second kappa shape index (κ2) is 13.6. The molecule has 46 heavy (non-hydrogen) atoms. The number of aromatic nitrogens is 4. The van der Waals surface area contributed by atoms with Gasteiger partial charge in [0.25, 0.3) is 0 Å². The topological polar surface area (TPSA) is 102 Å². The normalized spacial score (nSPS) is 15.5. The summed E-state index contributed by atoms with van der Waals surface area (Å²) in [7, 11) is 0. The number of anilines is 1. The summed E-state index contributed by atoms with van der Waals surface area (Å²) in [6, 6.07) is 14.3. The lowest BCUT2D eigenvalue weighted by atomic mass is 9.92. The Morgan fingerprint density at radius 1 is 1.11 bits per heavy atom. The Morgan fingerprint density at radius 2 is 1.85 bits per heavy atom. The molecule has 0 saturated carbocycles. The standard InChI is InChI=1S/C37H45N5O4/c1-8-10-16-29-28(15-12-19-38-29)26-13-11-14-27(23-26)30-24-31-39-25(3)32(33(35(43)44)46-36(4,5)6)34(42(31)40-30)41-20-17-37(7,18-21-41)45-22-9-2/h8-9,11-15,19,23-24,33H,1-2,10,16-18,20-22H2,3-7H3,(H,43,44). The molecular weight excluding hydrogens is 578 g/mol. The van der Waals surface area contributed by atoms with E-state index in [0.29, 0.717) is 42.4 Å². The van der Waals surface area contributed by atoms with Crippen molar-refractivity contribution in [2.45, 2.75) is 77.6 Å². The number of carboxylic acids is 1. The molecule has 3 aromatic heterocycles. The molecule has 4 heterocycles. The molecule has 1 fully saturated rings. The number of rotatable bonds is 12. The molecule has 0 amide bonds. The third-order valence-electron chi connectivity index (χ3n) is 8.38. The molecule has 0 bridgehead atoms. The molecule has 0 spiro atoms. The van der Waals surface area contributed by atoms with Crippen molar-refractivity contribution in [2.24, 2.45) is 0 Å². The van der Waals surface area contributed by atoms with Crippen LogP contribution in [0, 0.1) is 6.92 Å². The van der Waals surface area contributed by atoms with Crippen LogP contribution in [-0.4, -0.2) is 61.6 Å². The number of fused-ring (bicyclic) bond motifs is 1. The fourth-order valence-electron chi connectivity index (χ4n) is 6.03. The maximum absolute atomic E-state index is 12.8. The molecule has 5 rings (SSSR count). The summed E-state index contributed by atoms with van der Waals surface area (Å²) in [6.45, 7) is 19.0. The first-order valence-electron chi connectivity index (χ1n) is 15.9. The SMILES string of the molecule is C=CCCc1ncccc1-c1cccc(-c2cc3nc(C)c(C(OC(C)(C)C)C(=O)O)c(N4CCC(C)(OCC=C)CC4)n3n2)c1. The summed E-state index contributed by atoms with van der Waals surface area (Å²) in [5.74, 6) is -0.383. The van der Waals surface area contributed by atoms with Crippen LogP contribution in [0.3, 0.4) is 0 Å². The highest BCUT2D eigenvalue weighted by molar-refractivity contribution is 5.79. The quantitative estimate of drug-likeness (QED) is 0.163. The van der Waals surface area contributed by atoms with Crippen LogP contribution >= 0.6 is 0 Å². The molecule has 1 unspecified atom stereocenters. The van der Waals surface area contributed by atoms with Crippen LogP contribution in [0.5, 0.6) is 0 Å². The predicted molar refractivity (Wildman–Crippen MR) is 182 cm³/mol. The zero-order valence-electron chi connectivity index (χ0n) is 27.6. The summed E-state index contributed by atoms with van der Waals surface area (Å²) in [5, 5.41) is 15.5. The number of carboxylic acid groups (broad SMARTS) is 1. The van der Waals surface area contributed by atoms with Crippen LogP contribution in [0.1, 0.15) is 70.0 Å². The maximum Gasteiger partial charge on any atom is 0.337 e. The van der Waals surface area contributed by atoms with Crippen LogP contribution in [0.15, 0.2) is 74.0 Å². The first-order chi connectivity index (χ1) is 21.9. The molecule has 1 N–H and O–H groups in total. The summed E-state index contributed by atoms with van der Waals surface area (Å²) in [6.07, 6.45) is 7.44. The van der Waals surface area contributed by atoms with E-state index in [1.54, 1.807) is 10.6 Å². The highest BCUT2D eigenvalue weighted by atomic mass is 16.5. The third kappa shape index (κ3) is 7.21. The number of ether oxygens (including phenoxy) is 2. The predicted octanol–water partition coefficient (Wildman–Crippen LogP) is 7.39. The van der Waals surface area contributed by atoms with Crippen molar-refractivity contribution >= 4 is 17.4 Å². The zero-order valence-corrected chi connectivity index (χ0v) is 27.6. The minimum atomic E-state index is -1.23. The lowest BCUT2D eigenvalue weighted by Gasteiger charge is -2.41. The smallest absolute Gasteiger partial charge is 0.337 e. The van der Waals surface area contributed by atoms with Gasteiger partial charge in [0, 0.05) is 47.9 Å². The number of aliphatic carboxylic acids is 1. The molecule has 1 aromatic carbocycles. The minimum absolute atomic E-state index is 0.299. The highest BCUT2D eigenvalue weighted by Gasteiger charge is 2.37. The van der Waals surface area contributed by atoms with E-state index in [4.69, 9.17) is 19.6 Å². The van der Waals surface area contributed by atoms with Crippen LogP contribution in [0.4, 0.5) is 5.82 Å². The molecule has 0 aliphatic carbocycles. The van der Waals surface area contributed by atoms with Gasteiger partial charge in [-0.05, 0) is 78.0 Å². The largest absolute Gasteiger partial charge is 0.479 e. The van der Waals surface area contributed by atoms with Gasteiger partial charge in [0.1, 0.15) is 5.82 Å². The van der Waals surface area contributed by atoms with Gasteiger partial charge in [-0.2, -0.15) is 9.61 Å². The van der Waals surface area contributed by atoms with Gasteiger partial charge in [-0.1, -0.05) is 36.4 Å². The van der Waals surface area contributed by atoms with Gasteiger partial charge in [0.15, 0.2) is 11.8 Å². The molecule has 9 heteroatoms.